The second kappa shape index (κ2) is 10.8. The third-order valence-corrected chi connectivity index (χ3v) is 4.14. The van der Waals surface area contributed by atoms with Crippen LogP contribution in [-0.4, -0.2) is 49.5 Å². The maximum Gasteiger partial charge on any atom is 0.325 e. The number of benzene rings is 2. The number of esters is 1. The van der Waals surface area contributed by atoms with Crippen LogP contribution >= 0.6 is 0 Å². The van der Waals surface area contributed by atoms with Gasteiger partial charge in [0, 0.05) is 19.2 Å². The van der Waals surface area contributed by atoms with Gasteiger partial charge in [0.1, 0.15) is 12.3 Å². The number of amides is 2. The Morgan fingerprint density at radius 3 is 2.28 bits per heavy atom. The molecule has 0 aliphatic rings. The smallest absolute Gasteiger partial charge is 0.325 e. The number of nitrogens with one attached hydrogen (secondary N) is 1. The Balaban J connectivity index is 1.72. The fourth-order valence-corrected chi connectivity index (χ4v) is 2.48. The number of hydrogen-bond acceptors (Lipinski definition) is 5. The summed E-state index contributed by atoms with van der Waals surface area (Å²) >= 11 is 0. The Kier molecular flexibility index (Phi) is 8.21. The van der Waals surface area contributed by atoms with E-state index in [1.807, 2.05) is 38.1 Å². The largest absolute Gasteiger partial charge is 0.494 e. The highest BCUT2D eigenvalue weighted by Crippen LogP contribution is 2.12. The molecule has 0 saturated carbocycles. The van der Waals surface area contributed by atoms with Crippen LogP contribution in [0.2, 0.25) is 0 Å². The van der Waals surface area contributed by atoms with Gasteiger partial charge in [-0.05, 0) is 43.7 Å². The van der Waals surface area contributed by atoms with Gasteiger partial charge in [-0.2, -0.15) is 0 Å². The highest BCUT2D eigenvalue weighted by atomic mass is 16.5. The van der Waals surface area contributed by atoms with Gasteiger partial charge in [-0.3, -0.25) is 14.4 Å². The highest BCUT2D eigenvalue weighted by molar-refractivity contribution is 5.96. The predicted octanol–water partition coefficient (Wildman–Crippen LogP) is 2.33. The molecule has 2 aromatic rings. The molecule has 7 heteroatoms. The predicted molar refractivity (Wildman–Crippen MR) is 109 cm³/mol. The highest BCUT2D eigenvalue weighted by Gasteiger charge is 2.14. The number of rotatable bonds is 9. The van der Waals surface area contributed by atoms with Crippen molar-refractivity contribution in [2.24, 2.45) is 0 Å². The lowest BCUT2D eigenvalue weighted by atomic mass is 10.1. The molecule has 2 rings (SSSR count). The van der Waals surface area contributed by atoms with Crippen LogP contribution in [0.4, 0.5) is 0 Å². The van der Waals surface area contributed by atoms with E-state index in [-0.39, 0.29) is 19.1 Å². The molecule has 0 aliphatic carbocycles. The molecule has 29 heavy (non-hydrogen) atoms. The van der Waals surface area contributed by atoms with Crippen molar-refractivity contribution >= 4 is 17.8 Å². The van der Waals surface area contributed by atoms with Gasteiger partial charge in [-0.25, -0.2) is 0 Å². The van der Waals surface area contributed by atoms with Gasteiger partial charge in [-0.15, -0.1) is 0 Å². The minimum atomic E-state index is -0.679. The van der Waals surface area contributed by atoms with Crippen molar-refractivity contribution in [1.82, 2.24) is 10.2 Å². The number of aryl methyl sites for hydroxylation is 1. The first-order chi connectivity index (χ1) is 13.9. The molecule has 0 spiro atoms. The molecule has 154 valence electrons. The maximum absolute atomic E-state index is 12.1. The molecule has 0 heterocycles. The number of nitrogens with zero attached hydrogens (tertiary/aromatic N) is 1. The molecular formula is C22H26N2O5. The molecule has 0 unspecified atom stereocenters. The van der Waals surface area contributed by atoms with Crippen molar-refractivity contribution in [3.63, 3.8) is 0 Å². The molecule has 0 aliphatic heterocycles. The minimum absolute atomic E-state index is 0.318. The summed E-state index contributed by atoms with van der Waals surface area (Å²) in [5.41, 5.74) is 2.53. The summed E-state index contributed by atoms with van der Waals surface area (Å²) in [6.07, 6.45) is 0. The monoisotopic (exact) mass is 398 g/mol. The van der Waals surface area contributed by atoms with Gasteiger partial charge in [0.15, 0.2) is 6.61 Å². The molecule has 2 amide bonds. The molecule has 2 aromatic carbocycles. The lowest BCUT2D eigenvalue weighted by molar-refractivity contribution is -0.150. The molecule has 0 atom stereocenters. The van der Waals surface area contributed by atoms with Gasteiger partial charge in [0.2, 0.25) is 0 Å². The first-order valence-corrected chi connectivity index (χ1v) is 9.35. The van der Waals surface area contributed by atoms with Gasteiger partial charge in [0.25, 0.3) is 11.8 Å². The van der Waals surface area contributed by atoms with Crippen LogP contribution in [0.15, 0.2) is 48.5 Å². The number of likely N-dealkylation sites (N-methyl/N-ethyl adjacent to an activating group) is 1. The third kappa shape index (κ3) is 7.29. The summed E-state index contributed by atoms with van der Waals surface area (Å²) in [4.78, 5) is 37.5. The van der Waals surface area contributed by atoms with E-state index in [4.69, 9.17) is 9.47 Å². The van der Waals surface area contributed by atoms with Crippen LogP contribution in [0.25, 0.3) is 0 Å². The zero-order valence-electron chi connectivity index (χ0n) is 16.9. The maximum atomic E-state index is 12.1. The summed E-state index contributed by atoms with van der Waals surface area (Å²) in [5, 5.41) is 2.47. The third-order valence-electron chi connectivity index (χ3n) is 4.14. The molecule has 0 saturated heterocycles. The van der Waals surface area contributed by atoms with Crippen LogP contribution < -0.4 is 10.1 Å². The zero-order valence-corrected chi connectivity index (χ0v) is 16.9. The molecule has 0 aromatic heterocycles. The Bertz CT molecular complexity index is 831. The summed E-state index contributed by atoms with van der Waals surface area (Å²) in [5.74, 6) is -0.748. The van der Waals surface area contributed by atoms with Crippen molar-refractivity contribution < 1.29 is 23.9 Å². The van der Waals surface area contributed by atoms with Crippen LogP contribution in [0.3, 0.4) is 0 Å². The molecule has 0 radical (unpaired) electrons. The summed E-state index contributed by atoms with van der Waals surface area (Å²) in [6.45, 7) is 4.13. The van der Waals surface area contributed by atoms with Crippen LogP contribution in [0, 0.1) is 6.92 Å². The fraction of sp³-hybridized carbons (Fsp3) is 0.318. The number of carbonyl (C=O) groups is 3. The van der Waals surface area contributed by atoms with Crippen LogP contribution in [-0.2, 0) is 20.9 Å². The Morgan fingerprint density at radius 2 is 1.66 bits per heavy atom. The second-order valence-electron chi connectivity index (χ2n) is 6.54. The van der Waals surface area contributed by atoms with Gasteiger partial charge >= 0.3 is 5.97 Å². The van der Waals surface area contributed by atoms with Crippen LogP contribution in [0.5, 0.6) is 5.75 Å². The Hall–Kier alpha value is -3.35. The van der Waals surface area contributed by atoms with Crippen molar-refractivity contribution in [2.45, 2.75) is 20.4 Å². The van der Waals surface area contributed by atoms with E-state index in [1.165, 1.54) is 4.90 Å². The summed E-state index contributed by atoms with van der Waals surface area (Å²) in [7, 11) is 1.64. The molecule has 1 N–H and O–H groups in total. The molecule has 0 bridgehead atoms. The van der Waals surface area contributed by atoms with Gasteiger partial charge in [-0.1, -0.05) is 29.8 Å². The normalized spacial score (nSPS) is 10.2. The first kappa shape index (κ1) is 21.9. The SMILES string of the molecule is CCOc1ccc(C(=O)NCC(=O)OCC(=O)N(C)Cc2ccc(C)cc2)cc1. The van der Waals surface area contributed by atoms with E-state index < -0.39 is 11.9 Å². The van der Waals surface area contributed by atoms with E-state index >= 15 is 0 Å². The summed E-state index contributed by atoms with van der Waals surface area (Å²) in [6, 6.07) is 14.4. The Labute approximate surface area is 170 Å². The number of carbonyl (C=O) groups excluding carboxylic acids is 3. The molecule has 0 fully saturated rings. The first-order valence-electron chi connectivity index (χ1n) is 9.35. The van der Waals surface area contributed by atoms with E-state index in [1.54, 1.807) is 31.3 Å². The van der Waals surface area contributed by atoms with Gasteiger partial charge < -0.3 is 19.7 Å². The average Bonchev–Trinajstić information content (AvgIpc) is 2.72. The van der Waals surface area contributed by atoms with Gasteiger partial charge in [0.05, 0.1) is 6.61 Å². The van der Waals surface area contributed by atoms with E-state index in [0.717, 1.165) is 11.1 Å². The second-order valence-corrected chi connectivity index (χ2v) is 6.54. The zero-order chi connectivity index (χ0) is 21.2. The minimum Gasteiger partial charge on any atom is -0.494 e. The number of ether oxygens (including phenoxy) is 2. The molecular weight excluding hydrogens is 372 g/mol. The van der Waals surface area contributed by atoms with Crippen LogP contribution in [0.1, 0.15) is 28.4 Å². The fourth-order valence-electron chi connectivity index (χ4n) is 2.48. The number of hydrogen-bond donors (Lipinski definition) is 1. The van der Waals surface area contributed by atoms with Crippen molar-refractivity contribution in [3.8, 4) is 5.75 Å². The van der Waals surface area contributed by atoms with Crippen molar-refractivity contribution in [2.75, 3.05) is 26.8 Å². The standard InChI is InChI=1S/C22H26N2O5/c1-4-28-19-11-9-18(10-12-19)22(27)23-13-21(26)29-15-20(25)24(3)14-17-7-5-16(2)6-8-17/h5-12H,4,13-15H2,1-3H3,(H,23,27). The van der Waals surface area contributed by atoms with E-state index in [2.05, 4.69) is 5.32 Å². The topological polar surface area (TPSA) is 84.9 Å². The van der Waals surface area contributed by atoms with E-state index in [0.29, 0.717) is 24.5 Å². The van der Waals surface area contributed by atoms with Crippen molar-refractivity contribution in [1.29, 1.82) is 0 Å². The lowest BCUT2D eigenvalue weighted by Crippen LogP contribution is -2.34. The molecule has 7 nitrogen and oxygen atoms in total. The van der Waals surface area contributed by atoms with E-state index in [9.17, 15) is 14.4 Å². The summed E-state index contributed by atoms with van der Waals surface area (Å²) < 4.78 is 10.3. The van der Waals surface area contributed by atoms with Crippen molar-refractivity contribution in [3.05, 3.63) is 65.2 Å². The lowest BCUT2D eigenvalue weighted by Gasteiger charge is -2.17. The quantitative estimate of drug-likeness (QED) is 0.656. The Morgan fingerprint density at radius 1 is 1.00 bits per heavy atom. The average molecular weight is 398 g/mol.